The standard InChI is InChI=1S/C33H38N6O3/c34-30(25-7-2-1-3-8-25)33(41)37-32(40)27-10-5-4-9-26(27)24-14-12-23(13-15-24)21-39-29(22-38-17-19-42-20-18-38)36-28-11-6-16-35-31(28)39/h1-3,6-8,11-16,26-27,30H,4-5,9-10,17-22,34H2,(H,37,40,41)/t26-,27+,30-/m0/s1. The van der Waals surface area contributed by atoms with Gasteiger partial charge in [0.05, 0.1) is 26.3 Å². The van der Waals surface area contributed by atoms with Crippen molar-refractivity contribution in [2.24, 2.45) is 11.7 Å². The van der Waals surface area contributed by atoms with Crippen molar-refractivity contribution in [3.05, 3.63) is 95.4 Å². The van der Waals surface area contributed by atoms with Crippen molar-refractivity contribution >= 4 is 23.0 Å². The predicted octanol–water partition coefficient (Wildman–Crippen LogP) is 3.93. The molecule has 1 saturated carbocycles. The number of imide groups is 1. The fourth-order valence-corrected chi connectivity index (χ4v) is 6.25. The number of carbonyl (C=O) groups is 2. The summed E-state index contributed by atoms with van der Waals surface area (Å²) in [6.45, 7) is 4.69. The van der Waals surface area contributed by atoms with E-state index < -0.39 is 11.9 Å². The van der Waals surface area contributed by atoms with Crippen molar-refractivity contribution in [3.63, 3.8) is 0 Å². The van der Waals surface area contributed by atoms with Crippen molar-refractivity contribution in [1.29, 1.82) is 0 Å². The molecule has 1 saturated heterocycles. The van der Waals surface area contributed by atoms with Crippen LogP contribution < -0.4 is 11.1 Å². The van der Waals surface area contributed by atoms with Crippen molar-refractivity contribution in [1.82, 2.24) is 24.8 Å². The highest BCUT2D eigenvalue weighted by atomic mass is 16.5. The molecule has 3 heterocycles. The van der Waals surface area contributed by atoms with Crippen LogP contribution in [0, 0.1) is 5.92 Å². The molecular formula is C33H38N6O3. The Morgan fingerprint density at radius 1 is 0.952 bits per heavy atom. The quantitative estimate of drug-likeness (QED) is 0.332. The monoisotopic (exact) mass is 566 g/mol. The van der Waals surface area contributed by atoms with Gasteiger partial charge in [0.15, 0.2) is 5.65 Å². The van der Waals surface area contributed by atoms with Gasteiger partial charge in [0, 0.05) is 25.2 Å². The molecule has 218 valence electrons. The predicted molar refractivity (Wildman–Crippen MR) is 160 cm³/mol. The number of rotatable bonds is 8. The molecule has 42 heavy (non-hydrogen) atoms. The number of pyridine rings is 1. The average Bonchev–Trinajstić information content (AvgIpc) is 3.38. The fourth-order valence-electron chi connectivity index (χ4n) is 6.25. The summed E-state index contributed by atoms with van der Waals surface area (Å²) in [5, 5.41) is 2.61. The third kappa shape index (κ3) is 6.28. The summed E-state index contributed by atoms with van der Waals surface area (Å²) in [4.78, 5) is 38.0. The Kier molecular flexibility index (Phi) is 8.69. The number of hydrogen-bond acceptors (Lipinski definition) is 7. The third-order valence-electron chi connectivity index (χ3n) is 8.59. The molecule has 0 unspecified atom stereocenters. The maximum absolute atomic E-state index is 13.3. The van der Waals surface area contributed by atoms with Crippen molar-refractivity contribution < 1.29 is 14.3 Å². The van der Waals surface area contributed by atoms with E-state index >= 15 is 0 Å². The van der Waals surface area contributed by atoms with Gasteiger partial charge >= 0.3 is 0 Å². The SMILES string of the molecule is N[C@H](C(=O)NC(=O)[C@@H]1CCCC[C@H]1c1ccc(Cn2c(CN3CCOCC3)nc3cccnc32)cc1)c1ccccc1. The number of benzene rings is 2. The zero-order valence-corrected chi connectivity index (χ0v) is 23.8. The van der Waals surface area contributed by atoms with E-state index in [-0.39, 0.29) is 17.7 Å². The smallest absolute Gasteiger partial charge is 0.248 e. The molecule has 1 aliphatic carbocycles. The fraction of sp³-hybridized carbons (Fsp3) is 0.394. The molecule has 0 spiro atoms. The van der Waals surface area contributed by atoms with Crippen LogP contribution in [0.25, 0.3) is 11.2 Å². The number of carbonyl (C=O) groups excluding carboxylic acids is 2. The molecule has 0 bridgehead atoms. The summed E-state index contributed by atoms with van der Waals surface area (Å²) >= 11 is 0. The van der Waals surface area contributed by atoms with E-state index in [1.807, 2.05) is 36.5 Å². The minimum absolute atomic E-state index is 0.0566. The van der Waals surface area contributed by atoms with E-state index in [1.54, 1.807) is 12.1 Å². The van der Waals surface area contributed by atoms with Gasteiger partial charge in [-0.05, 0) is 47.6 Å². The first-order valence-electron chi connectivity index (χ1n) is 14.9. The van der Waals surface area contributed by atoms with Crippen LogP contribution in [0.2, 0.25) is 0 Å². The molecule has 9 heteroatoms. The molecule has 9 nitrogen and oxygen atoms in total. The van der Waals surface area contributed by atoms with Gasteiger partial charge in [0.25, 0.3) is 0 Å². The first-order chi connectivity index (χ1) is 20.6. The van der Waals surface area contributed by atoms with Crippen LogP contribution in [0.1, 0.15) is 60.2 Å². The van der Waals surface area contributed by atoms with Crippen LogP contribution in [0.4, 0.5) is 0 Å². The Hall–Kier alpha value is -3.92. The highest BCUT2D eigenvalue weighted by Crippen LogP contribution is 2.38. The second-order valence-corrected chi connectivity index (χ2v) is 11.3. The Bertz CT molecular complexity index is 1510. The van der Waals surface area contributed by atoms with E-state index in [0.717, 1.165) is 86.6 Å². The topological polar surface area (TPSA) is 115 Å². The first-order valence-corrected chi connectivity index (χ1v) is 14.9. The summed E-state index contributed by atoms with van der Waals surface area (Å²) in [5.74, 6) is 0.0977. The largest absolute Gasteiger partial charge is 0.379 e. The lowest BCUT2D eigenvalue weighted by Crippen LogP contribution is -2.43. The number of ether oxygens (including phenoxy) is 1. The molecule has 3 atom stereocenters. The van der Waals surface area contributed by atoms with Crippen molar-refractivity contribution in [2.45, 2.75) is 50.7 Å². The molecule has 2 aromatic heterocycles. The Morgan fingerprint density at radius 3 is 2.50 bits per heavy atom. The van der Waals surface area contributed by atoms with Crippen LogP contribution in [0.5, 0.6) is 0 Å². The summed E-state index contributed by atoms with van der Waals surface area (Å²) < 4.78 is 7.73. The molecule has 2 aliphatic rings. The first kappa shape index (κ1) is 28.2. The zero-order chi connectivity index (χ0) is 28.9. The summed E-state index contributed by atoms with van der Waals surface area (Å²) in [5.41, 5.74) is 10.9. The molecule has 2 fully saturated rings. The summed E-state index contributed by atoms with van der Waals surface area (Å²) in [6, 6.07) is 20.8. The Morgan fingerprint density at radius 2 is 1.71 bits per heavy atom. The van der Waals surface area contributed by atoms with Gasteiger partial charge in [-0.15, -0.1) is 0 Å². The van der Waals surface area contributed by atoms with Gasteiger partial charge in [-0.1, -0.05) is 67.4 Å². The van der Waals surface area contributed by atoms with E-state index in [9.17, 15) is 9.59 Å². The second-order valence-electron chi connectivity index (χ2n) is 11.3. The molecule has 2 amide bonds. The van der Waals surface area contributed by atoms with E-state index in [2.05, 4.69) is 44.0 Å². The lowest BCUT2D eigenvalue weighted by molar-refractivity contribution is -0.134. The van der Waals surface area contributed by atoms with Gasteiger partial charge in [-0.2, -0.15) is 0 Å². The van der Waals surface area contributed by atoms with Gasteiger partial charge in [0.2, 0.25) is 11.8 Å². The zero-order valence-electron chi connectivity index (χ0n) is 23.8. The number of amides is 2. The van der Waals surface area contributed by atoms with Crippen LogP contribution in [0.15, 0.2) is 72.9 Å². The van der Waals surface area contributed by atoms with Crippen LogP contribution in [0.3, 0.4) is 0 Å². The van der Waals surface area contributed by atoms with E-state index in [1.165, 1.54) is 0 Å². The van der Waals surface area contributed by atoms with Gasteiger partial charge in [-0.25, -0.2) is 9.97 Å². The molecule has 2 aromatic carbocycles. The van der Waals surface area contributed by atoms with Crippen LogP contribution in [-0.4, -0.2) is 57.6 Å². The number of morpholine rings is 1. The molecule has 4 aromatic rings. The van der Waals surface area contributed by atoms with E-state index in [0.29, 0.717) is 12.1 Å². The van der Waals surface area contributed by atoms with Gasteiger partial charge < -0.3 is 15.0 Å². The normalized spacial score (nSPS) is 20.3. The highest BCUT2D eigenvalue weighted by Gasteiger charge is 2.33. The van der Waals surface area contributed by atoms with Crippen molar-refractivity contribution in [3.8, 4) is 0 Å². The average molecular weight is 567 g/mol. The Balaban J connectivity index is 1.16. The van der Waals surface area contributed by atoms with Crippen LogP contribution in [-0.2, 0) is 27.4 Å². The van der Waals surface area contributed by atoms with Crippen molar-refractivity contribution in [2.75, 3.05) is 26.3 Å². The lowest BCUT2D eigenvalue weighted by atomic mass is 9.75. The molecule has 0 radical (unpaired) electrons. The maximum Gasteiger partial charge on any atom is 0.248 e. The summed E-state index contributed by atoms with van der Waals surface area (Å²) in [6.07, 6.45) is 5.51. The lowest BCUT2D eigenvalue weighted by Gasteiger charge is -2.31. The number of nitrogens with one attached hydrogen (secondary N) is 1. The molecule has 6 rings (SSSR count). The third-order valence-corrected chi connectivity index (χ3v) is 8.59. The van der Waals surface area contributed by atoms with Gasteiger partial charge in [0.1, 0.15) is 17.4 Å². The van der Waals surface area contributed by atoms with Gasteiger partial charge in [-0.3, -0.25) is 19.8 Å². The van der Waals surface area contributed by atoms with Crippen LogP contribution >= 0.6 is 0 Å². The Labute approximate surface area is 246 Å². The number of hydrogen-bond donors (Lipinski definition) is 2. The molecular weight excluding hydrogens is 528 g/mol. The number of imidazole rings is 1. The maximum atomic E-state index is 13.3. The molecule has 1 aliphatic heterocycles. The minimum atomic E-state index is -0.877. The summed E-state index contributed by atoms with van der Waals surface area (Å²) in [7, 11) is 0. The number of fused-ring (bicyclic) bond motifs is 1. The minimum Gasteiger partial charge on any atom is -0.379 e. The number of nitrogens with zero attached hydrogens (tertiary/aromatic N) is 4. The van der Waals surface area contributed by atoms with E-state index in [4.69, 9.17) is 15.5 Å². The highest BCUT2D eigenvalue weighted by molar-refractivity contribution is 5.99. The second kappa shape index (κ2) is 12.9. The number of nitrogens with two attached hydrogens (primary N) is 1. The number of aromatic nitrogens is 3. The molecule has 3 N–H and O–H groups in total.